The van der Waals surface area contributed by atoms with Gasteiger partial charge in [0.05, 0.1) is 12.5 Å². The predicted molar refractivity (Wildman–Crippen MR) is 119 cm³/mol. The van der Waals surface area contributed by atoms with Crippen molar-refractivity contribution in [3.8, 4) is 0 Å². The Morgan fingerprint density at radius 3 is 2.67 bits per heavy atom. The predicted octanol–water partition coefficient (Wildman–Crippen LogP) is 2.46. The van der Waals surface area contributed by atoms with Crippen molar-refractivity contribution in [3.63, 3.8) is 0 Å². The van der Waals surface area contributed by atoms with E-state index >= 15 is 0 Å². The Morgan fingerprint density at radius 1 is 1.13 bits per heavy atom. The molecule has 0 aliphatic carbocycles. The first-order valence-corrected chi connectivity index (χ1v) is 11.4. The molecule has 30 heavy (non-hydrogen) atoms. The number of hydrogen-bond acceptors (Lipinski definition) is 4. The highest BCUT2D eigenvalue weighted by molar-refractivity contribution is 5.78. The fraction of sp³-hybridized carbons (Fsp3) is 0.583. The van der Waals surface area contributed by atoms with Crippen LogP contribution in [0.1, 0.15) is 37.1 Å². The molecule has 0 bridgehead atoms. The van der Waals surface area contributed by atoms with Gasteiger partial charge in [-0.3, -0.25) is 9.69 Å². The van der Waals surface area contributed by atoms with Crippen LogP contribution in [0.5, 0.6) is 0 Å². The highest BCUT2D eigenvalue weighted by atomic mass is 16.1. The normalized spacial score (nSPS) is 21.6. The number of likely N-dealkylation sites (tertiary alicyclic amines) is 2. The molecule has 0 unspecified atom stereocenters. The molecule has 0 radical (unpaired) electrons. The minimum absolute atomic E-state index is 0.107. The first-order chi connectivity index (χ1) is 14.7. The number of amides is 1. The maximum atomic E-state index is 12.7. The van der Waals surface area contributed by atoms with E-state index in [2.05, 4.69) is 50.4 Å². The lowest BCUT2D eigenvalue weighted by molar-refractivity contribution is -0.127. The van der Waals surface area contributed by atoms with Gasteiger partial charge in [0.25, 0.3) is 0 Å². The minimum atomic E-state index is 0.107. The first-order valence-electron chi connectivity index (χ1n) is 11.4. The van der Waals surface area contributed by atoms with Gasteiger partial charge in [0.1, 0.15) is 5.82 Å². The van der Waals surface area contributed by atoms with E-state index in [9.17, 15) is 4.79 Å². The quantitative estimate of drug-likeness (QED) is 0.763. The topological polar surface area (TPSA) is 53.4 Å². The molecule has 2 aromatic rings. The molecule has 0 spiro atoms. The number of carbonyl (C=O) groups excluding carboxylic acids is 1. The van der Waals surface area contributed by atoms with Gasteiger partial charge in [-0.1, -0.05) is 30.3 Å². The standard InChI is InChI=1S/C24H35N5O/c1-27-17-12-25-23(27)18-26-24(30)21-8-5-13-29(19-21)22-10-15-28(16-11-22)14-9-20-6-3-2-4-7-20/h2-4,6-7,12,17,21-22H,5,8-11,13-16,18-19H2,1H3,(H,26,30)/t21-/m1/s1. The maximum Gasteiger partial charge on any atom is 0.224 e. The molecule has 1 aromatic heterocycles. The fourth-order valence-corrected chi connectivity index (χ4v) is 4.87. The zero-order valence-electron chi connectivity index (χ0n) is 18.2. The summed E-state index contributed by atoms with van der Waals surface area (Å²) in [5.74, 6) is 1.19. The monoisotopic (exact) mass is 409 g/mol. The van der Waals surface area contributed by atoms with Crippen molar-refractivity contribution in [3.05, 3.63) is 54.1 Å². The molecule has 4 rings (SSSR count). The molecule has 1 aromatic carbocycles. The van der Waals surface area contributed by atoms with Crippen LogP contribution in [0.3, 0.4) is 0 Å². The van der Waals surface area contributed by atoms with E-state index in [4.69, 9.17) is 0 Å². The summed E-state index contributed by atoms with van der Waals surface area (Å²) in [6.45, 7) is 6.04. The summed E-state index contributed by atoms with van der Waals surface area (Å²) in [6.07, 6.45) is 9.37. The number of rotatable bonds is 7. The molecule has 3 heterocycles. The highest BCUT2D eigenvalue weighted by Crippen LogP contribution is 2.24. The molecule has 2 fully saturated rings. The van der Waals surface area contributed by atoms with Gasteiger partial charge in [0, 0.05) is 38.6 Å². The second kappa shape index (κ2) is 10.2. The Balaban J connectivity index is 1.20. The molecule has 2 saturated heterocycles. The summed E-state index contributed by atoms with van der Waals surface area (Å²) in [7, 11) is 1.96. The zero-order chi connectivity index (χ0) is 20.8. The smallest absolute Gasteiger partial charge is 0.224 e. The number of aryl methyl sites for hydroxylation is 1. The number of nitrogens with one attached hydrogen (secondary N) is 1. The molecule has 162 valence electrons. The summed E-state index contributed by atoms with van der Waals surface area (Å²) in [6, 6.07) is 11.4. The summed E-state index contributed by atoms with van der Waals surface area (Å²) >= 11 is 0. The van der Waals surface area contributed by atoms with Gasteiger partial charge in [0.15, 0.2) is 0 Å². The molecule has 0 saturated carbocycles. The van der Waals surface area contributed by atoms with Crippen LogP contribution in [0.25, 0.3) is 0 Å². The number of piperidine rings is 2. The van der Waals surface area contributed by atoms with Gasteiger partial charge in [0.2, 0.25) is 5.91 Å². The summed E-state index contributed by atoms with van der Waals surface area (Å²) in [5.41, 5.74) is 1.43. The molecular weight excluding hydrogens is 374 g/mol. The van der Waals surface area contributed by atoms with Gasteiger partial charge < -0.3 is 14.8 Å². The second-order valence-corrected chi connectivity index (χ2v) is 8.81. The molecule has 1 atom stereocenters. The average molecular weight is 410 g/mol. The van der Waals surface area contributed by atoms with E-state index in [-0.39, 0.29) is 11.8 Å². The van der Waals surface area contributed by atoms with E-state index in [0.717, 1.165) is 44.7 Å². The maximum absolute atomic E-state index is 12.7. The number of imidazole rings is 1. The van der Waals surface area contributed by atoms with Gasteiger partial charge in [-0.05, 0) is 57.3 Å². The van der Waals surface area contributed by atoms with E-state index in [1.165, 1.54) is 31.5 Å². The van der Waals surface area contributed by atoms with E-state index in [1.807, 2.05) is 17.8 Å². The van der Waals surface area contributed by atoms with Crippen LogP contribution in [-0.2, 0) is 24.8 Å². The van der Waals surface area contributed by atoms with Crippen molar-refractivity contribution in [2.45, 2.75) is 44.7 Å². The van der Waals surface area contributed by atoms with Crippen LogP contribution in [-0.4, -0.2) is 64.0 Å². The van der Waals surface area contributed by atoms with Gasteiger partial charge >= 0.3 is 0 Å². The summed E-state index contributed by atoms with van der Waals surface area (Å²) < 4.78 is 1.96. The van der Waals surface area contributed by atoms with Crippen LogP contribution in [0, 0.1) is 5.92 Å². The highest BCUT2D eigenvalue weighted by Gasteiger charge is 2.31. The van der Waals surface area contributed by atoms with E-state index in [1.54, 1.807) is 6.20 Å². The largest absolute Gasteiger partial charge is 0.349 e. The van der Waals surface area contributed by atoms with Crippen LogP contribution in [0.15, 0.2) is 42.7 Å². The Labute approximate surface area is 180 Å². The zero-order valence-corrected chi connectivity index (χ0v) is 18.2. The third-order valence-electron chi connectivity index (χ3n) is 6.80. The first kappa shape index (κ1) is 21.1. The number of carbonyl (C=O) groups is 1. The summed E-state index contributed by atoms with van der Waals surface area (Å²) in [5, 5.41) is 3.10. The second-order valence-electron chi connectivity index (χ2n) is 8.81. The number of benzene rings is 1. The summed E-state index contributed by atoms with van der Waals surface area (Å²) in [4.78, 5) is 22.2. The van der Waals surface area contributed by atoms with Crippen molar-refractivity contribution >= 4 is 5.91 Å². The van der Waals surface area contributed by atoms with Crippen LogP contribution < -0.4 is 5.32 Å². The molecule has 2 aliphatic heterocycles. The van der Waals surface area contributed by atoms with Crippen molar-refractivity contribution in [1.82, 2.24) is 24.7 Å². The lowest BCUT2D eigenvalue weighted by Crippen LogP contribution is -2.51. The minimum Gasteiger partial charge on any atom is -0.349 e. The van der Waals surface area contributed by atoms with Crippen molar-refractivity contribution in [2.75, 3.05) is 32.7 Å². The van der Waals surface area contributed by atoms with E-state index in [0.29, 0.717) is 12.6 Å². The SMILES string of the molecule is Cn1ccnc1CNC(=O)[C@@H]1CCCN(C2CCN(CCc3ccccc3)CC2)C1. The molecule has 1 N–H and O–H groups in total. The number of nitrogens with zero attached hydrogens (tertiary/aromatic N) is 4. The van der Waals surface area contributed by atoms with Crippen LogP contribution in [0.4, 0.5) is 0 Å². The lowest BCUT2D eigenvalue weighted by Gasteiger charge is -2.42. The van der Waals surface area contributed by atoms with Gasteiger partial charge in [-0.2, -0.15) is 0 Å². The van der Waals surface area contributed by atoms with Crippen LogP contribution >= 0.6 is 0 Å². The van der Waals surface area contributed by atoms with Crippen molar-refractivity contribution < 1.29 is 4.79 Å². The number of aromatic nitrogens is 2. The Kier molecular flexibility index (Phi) is 7.18. The van der Waals surface area contributed by atoms with Crippen LogP contribution in [0.2, 0.25) is 0 Å². The van der Waals surface area contributed by atoms with Gasteiger partial charge in [-0.25, -0.2) is 4.98 Å². The molecular formula is C24H35N5O. The van der Waals surface area contributed by atoms with E-state index < -0.39 is 0 Å². The Hall–Kier alpha value is -2.18. The molecule has 1 amide bonds. The fourth-order valence-electron chi connectivity index (χ4n) is 4.87. The third-order valence-corrected chi connectivity index (χ3v) is 6.80. The lowest BCUT2D eigenvalue weighted by atomic mass is 9.93. The molecule has 6 nitrogen and oxygen atoms in total. The molecule has 2 aliphatic rings. The molecule has 6 heteroatoms. The average Bonchev–Trinajstić information content (AvgIpc) is 3.22. The Bertz CT molecular complexity index is 797. The Morgan fingerprint density at radius 2 is 1.93 bits per heavy atom. The number of hydrogen-bond donors (Lipinski definition) is 1. The third kappa shape index (κ3) is 5.49. The van der Waals surface area contributed by atoms with Crippen molar-refractivity contribution in [2.24, 2.45) is 13.0 Å². The van der Waals surface area contributed by atoms with Gasteiger partial charge in [-0.15, -0.1) is 0 Å². The van der Waals surface area contributed by atoms with Crippen molar-refractivity contribution in [1.29, 1.82) is 0 Å².